The lowest BCUT2D eigenvalue weighted by molar-refractivity contribution is -0.384. The summed E-state index contributed by atoms with van der Waals surface area (Å²) in [5, 5.41) is 21.7. The fraction of sp³-hybridized carbons (Fsp3) is 0.364. The predicted molar refractivity (Wildman–Crippen MR) is 61.7 cm³/mol. The number of nitro benzene ring substituents is 1. The number of hydrogen-bond acceptors (Lipinski definition) is 4. The van der Waals surface area contributed by atoms with Gasteiger partial charge in [-0.2, -0.15) is 13.2 Å². The average molecular weight is 290 g/mol. The molecule has 1 aliphatic carbocycles. The lowest BCUT2D eigenvalue weighted by Crippen LogP contribution is -2.38. The molecule has 1 aliphatic rings. The number of nitrogens with one attached hydrogen (secondary N) is 1. The molecule has 1 fully saturated rings. The third-order valence-electron chi connectivity index (χ3n) is 3.11. The van der Waals surface area contributed by atoms with Gasteiger partial charge in [-0.25, -0.2) is 4.79 Å². The van der Waals surface area contributed by atoms with Crippen molar-refractivity contribution in [1.29, 1.82) is 0 Å². The summed E-state index contributed by atoms with van der Waals surface area (Å²) in [6.07, 6.45) is -4.96. The molecule has 9 heteroatoms. The fourth-order valence-corrected chi connectivity index (χ4v) is 1.79. The monoisotopic (exact) mass is 290 g/mol. The van der Waals surface area contributed by atoms with Gasteiger partial charge in [0.05, 0.1) is 10.5 Å². The first-order valence-electron chi connectivity index (χ1n) is 5.53. The summed E-state index contributed by atoms with van der Waals surface area (Å²) in [6.45, 7) is 0. The lowest BCUT2D eigenvalue weighted by atomic mass is 10.1. The zero-order chi connectivity index (χ0) is 15.1. The van der Waals surface area contributed by atoms with Crippen LogP contribution < -0.4 is 5.32 Å². The number of hydrogen-bond donors (Lipinski definition) is 2. The van der Waals surface area contributed by atoms with E-state index in [0.717, 1.165) is 18.2 Å². The second kappa shape index (κ2) is 4.36. The Hall–Kier alpha value is -2.32. The molecule has 1 saturated carbocycles. The Morgan fingerprint density at radius 1 is 1.40 bits per heavy atom. The highest BCUT2D eigenvalue weighted by Gasteiger charge is 2.64. The number of rotatable bonds is 4. The molecule has 0 heterocycles. The molecule has 0 amide bonds. The summed E-state index contributed by atoms with van der Waals surface area (Å²) < 4.78 is 38.5. The molecule has 0 radical (unpaired) electrons. The molecule has 2 N–H and O–H groups in total. The number of alkyl halides is 3. The minimum absolute atomic E-state index is 0.203. The van der Waals surface area contributed by atoms with Gasteiger partial charge in [0, 0.05) is 6.07 Å². The molecular formula is C11H9F3N2O4. The van der Waals surface area contributed by atoms with Crippen LogP contribution in [0.4, 0.5) is 24.5 Å². The zero-order valence-electron chi connectivity index (χ0n) is 9.90. The molecular weight excluding hydrogens is 281 g/mol. The van der Waals surface area contributed by atoms with Crippen molar-refractivity contribution in [3.05, 3.63) is 33.9 Å². The maximum absolute atomic E-state index is 12.8. The van der Waals surface area contributed by atoms with Crippen molar-refractivity contribution in [2.24, 2.45) is 0 Å². The molecule has 0 unspecified atom stereocenters. The molecule has 0 aliphatic heterocycles. The summed E-state index contributed by atoms with van der Waals surface area (Å²) in [4.78, 5) is 20.7. The van der Waals surface area contributed by atoms with Gasteiger partial charge in [0.15, 0.2) is 0 Å². The number of carboxylic acids is 1. The number of carbonyl (C=O) groups is 1. The third kappa shape index (κ3) is 2.38. The first-order valence-corrected chi connectivity index (χ1v) is 5.53. The number of benzene rings is 1. The number of nitrogens with zero attached hydrogens (tertiary/aromatic N) is 1. The van der Waals surface area contributed by atoms with Crippen molar-refractivity contribution in [3.8, 4) is 0 Å². The van der Waals surface area contributed by atoms with Crippen molar-refractivity contribution in [3.63, 3.8) is 0 Å². The topological polar surface area (TPSA) is 92.5 Å². The van der Waals surface area contributed by atoms with Gasteiger partial charge in [0.2, 0.25) is 0 Å². The largest absolute Gasteiger partial charge is 0.478 e. The molecule has 2 rings (SSSR count). The van der Waals surface area contributed by atoms with Crippen LogP contribution in [0.2, 0.25) is 0 Å². The van der Waals surface area contributed by atoms with E-state index < -0.39 is 34.0 Å². The van der Waals surface area contributed by atoms with Gasteiger partial charge in [-0.15, -0.1) is 0 Å². The van der Waals surface area contributed by atoms with Gasteiger partial charge in [-0.05, 0) is 25.0 Å². The van der Waals surface area contributed by atoms with E-state index in [1.165, 1.54) is 0 Å². The molecule has 1 aromatic carbocycles. The molecule has 0 spiro atoms. The Morgan fingerprint density at radius 2 is 2.00 bits per heavy atom. The van der Waals surface area contributed by atoms with Crippen molar-refractivity contribution in [2.75, 3.05) is 5.32 Å². The van der Waals surface area contributed by atoms with Crippen LogP contribution in [0.15, 0.2) is 18.2 Å². The zero-order valence-corrected chi connectivity index (χ0v) is 9.90. The maximum Gasteiger partial charge on any atom is 0.411 e. The Balaban J connectivity index is 2.41. The molecule has 108 valence electrons. The van der Waals surface area contributed by atoms with E-state index in [1.807, 2.05) is 0 Å². The van der Waals surface area contributed by atoms with Crippen LogP contribution in [0, 0.1) is 10.1 Å². The Morgan fingerprint density at radius 3 is 2.40 bits per heavy atom. The molecule has 0 bridgehead atoms. The van der Waals surface area contributed by atoms with Crippen molar-refractivity contribution >= 4 is 17.3 Å². The molecule has 1 aromatic rings. The standard InChI is InChI=1S/C11H9F3N2O4/c12-11(13,14)10(3-4-10)15-7-5-6(9(17)18)1-2-8(7)16(19)20/h1-2,5,15H,3-4H2,(H,17,18). The first-order chi connectivity index (χ1) is 9.16. The van der Waals surface area contributed by atoms with Crippen molar-refractivity contribution in [1.82, 2.24) is 0 Å². The highest BCUT2D eigenvalue weighted by molar-refractivity contribution is 5.90. The quantitative estimate of drug-likeness (QED) is 0.657. The van der Waals surface area contributed by atoms with Crippen LogP contribution in [0.1, 0.15) is 23.2 Å². The van der Waals surface area contributed by atoms with Gasteiger partial charge in [0.1, 0.15) is 11.2 Å². The Kier molecular flexibility index (Phi) is 3.07. The number of aromatic carboxylic acids is 1. The number of nitro groups is 1. The van der Waals surface area contributed by atoms with E-state index in [0.29, 0.717) is 0 Å². The summed E-state index contributed by atoms with van der Waals surface area (Å²) in [6, 6.07) is 2.68. The van der Waals surface area contributed by atoms with Crippen molar-refractivity contribution in [2.45, 2.75) is 24.6 Å². The molecule has 0 atom stereocenters. The number of carboxylic acid groups (broad SMARTS) is 1. The third-order valence-corrected chi connectivity index (χ3v) is 3.11. The average Bonchev–Trinajstić information content (AvgIpc) is 3.08. The number of halogens is 3. The van der Waals surface area contributed by atoms with Crippen LogP contribution in [0.25, 0.3) is 0 Å². The van der Waals surface area contributed by atoms with Crippen molar-refractivity contribution < 1.29 is 28.0 Å². The Labute approximate surface area is 110 Å². The highest BCUT2D eigenvalue weighted by Crippen LogP contribution is 2.52. The SMILES string of the molecule is O=C(O)c1ccc([N+](=O)[O-])c(NC2(C(F)(F)F)CC2)c1. The van der Waals surface area contributed by atoms with E-state index in [4.69, 9.17) is 5.11 Å². The van der Waals surface area contributed by atoms with Gasteiger partial charge < -0.3 is 10.4 Å². The van der Waals surface area contributed by atoms with Crippen LogP contribution in [-0.2, 0) is 0 Å². The van der Waals surface area contributed by atoms with E-state index in [9.17, 15) is 28.1 Å². The molecule has 20 heavy (non-hydrogen) atoms. The predicted octanol–water partition coefficient (Wildman–Crippen LogP) is 2.80. The second-order valence-electron chi connectivity index (χ2n) is 4.50. The van der Waals surface area contributed by atoms with Gasteiger partial charge >= 0.3 is 12.1 Å². The molecule has 6 nitrogen and oxygen atoms in total. The van der Waals surface area contributed by atoms with E-state index in [-0.39, 0.29) is 18.4 Å². The second-order valence-corrected chi connectivity index (χ2v) is 4.50. The normalized spacial score (nSPS) is 16.6. The van der Waals surface area contributed by atoms with Crippen LogP contribution >= 0.6 is 0 Å². The van der Waals surface area contributed by atoms with Gasteiger partial charge in [-0.1, -0.05) is 0 Å². The highest BCUT2D eigenvalue weighted by atomic mass is 19.4. The minimum Gasteiger partial charge on any atom is -0.478 e. The van der Waals surface area contributed by atoms with E-state index in [1.54, 1.807) is 0 Å². The summed E-state index contributed by atoms with van der Waals surface area (Å²) in [5.41, 5.74) is -3.55. The first kappa shape index (κ1) is 14.1. The Bertz CT molecular complexity index is 582. The van der Waals surface area contributed by atoms with Crippen LogP contribution in [0.3, 0.4) is 0 Å². The summed E-state index contributed by atoms with van der Waals surface area (Å²) in [7, 11) is 0. The summed E-state index contributed by atoms with van der Waals surface area (Å²) >= 11 is 0. The van der Waals surface area contributed by atoms with Gasteiger partial charge in [0.25, 0.3) is 5.69 Å². The lowest BCUT2D eigenvalue weighted by Gasteiger charge is -2.21. The fourth-order valence-electron chi connectivity index (χ4n) is 1.79. The molecule has 0 aromatic heterocycles. The summed E-state index contributed by atoms with van der Waals surface area (Å²) in [5.74, 6) is -1.38. The molecule has 0 saturated heterocycles. The van der Waals surface area contributed by atoms with Gasteiger partial charge in [-0.3, -0.25) is 10.1 Å². The smallest absolute Gasteiger partial charge is 0.411 e. The van der Waals surface area contributed by atoms with E-state index >= 15 is 0 Å². The van der Waals surface area contributed by atoms with Crippen LogP contribution in [0.5, 0.6) is 0 Å². The maximum atomic E-state index is 12.8. The van der Waals surface area contributed by atoms with E-state index in [2.05, 4.69) is 5.32 Å². The minimum atomic E-state index is -4.56. The van der Waals surface area contributed by atoms with Crippen LogP contribution in [-0.4, -0.2) is 27.7 Å². The number of anilines is 1.